The fourth-order valence-corrected chi connectivity index (χ4v) is 2.42. The van der Waals surface area contributed by atoms with Crippen LogP contribution in [0.4, 0.5) is 4.39 Å². The molecule has 1 unspecified atom stereocenters. The van der Waals surface area contributed by atoms with Crippen molar-refractivity contribution in [3.63, 3.8) is 0 Å². The molecule has 2 nitrogen and oxygen atoms in total. The largest absolute Gasteiger partial charge is 0.271 e. The van der Waals surface area contributed by atoms with Crippen LogP contribution in [0.15, 0.2) is 36.4 Å². The van der Waals surface area contributed by atoms with Gasteiger partial charge in [-0.1, -0.05) is 47.5 Å². The molecule has 0 aliphatic rings. The van der Waals surface area contributed by atoms with E-state index < -0.39 is 0 Å². The SMILES string of the molecule is Cc1cccc(C(Cc2ccc(Cl)c(Cl)c2)NN)c1F. The Morgan fingerprint density at radius 1 is 1.20 bits per heavy atom. The van der Waals surface area contributed by atoms with Gasteiger partial charge in [-0.25, -0.2) is 4.39 Å². The molecule has 1 atom stereocenters. The third-order valence-electron chi connectivity index (χ3n) is 3.22. The van der Waals surface area contributed by atoms with E-state index in [-0.39, 0.29) is 11.9 Å². The predicted molar refractivity (Wildman–Crippen MR) is 81.4 cm³/mol. The smallest absolute Gasteiger partial charge is 0.130 e. The first-order valence-corrected chi connectivity index (χ1v) is 6.93. The van der Waals surface area contributed by atoms with E-state index in [4.69, 9.17) is 29.0 Å². The van der Waals surface area contributed by atoms with Crippen molar-refractivity contribution in [3.05, 3.63) is 69.0 Å². The van der Waals surface area contributed by atoms with Crippen molar-refractivity contribution in [1.29, 1.82) is 0 Å². The van der Waals surface area contributed by atoms with Crippen molar-refractivity contribution in [2.45, 2.75) is 19.4 Å². The van der Waals surface area contributed by atoms with E-state index in [2.05, 4.69) is 5.43 Å². The van der Waals surface area contributed by atoms with Crippen molar-refractivity contribution >= 4 is 23.2 Å². The molecule has 0 aromatic heterocycles. The van der Waals surface area contributed by atoms with Crippen LogP contribution < -0.4 is 11.3 Å². The third-order valence-corrected chi connectivity index (χ3v) is 3.96. The van der Waals surface area contributed by atoms with Crippen molar-refractivity contribution in [2.75, 3.05) is 0 Å². The zero-order chi connectivity index (χ0) is 14.7. The van der Waals surface area contributed by atoms with Crippen molar-refractivity contribution in [2.24, 2.45) is 5.84 Å². The molecule has 0 amide bonds. The number of rotatable bonds is 4. The molecule has 0 radical (unpaired) electrons. The van der Waals surface area contributed by atoms with Crippen LogP contribution in [0.1, 0.15) is 22.7 Å². The first-order valence-electron chi connectivity index (χ1n) is 6.18. The molecule has 20 heavy (non-hydrogen) atoms. The van der Waals surface area contributed by atoms with E-state index in [0.29, 0.717) is 27.6 Å². The molecule has 2 aromatic carbocycles. The van der Waals surface area contributed by atoms with Crippen LogP contribution in [0.25, 0.3) is 0 Å². The third kappa shape index (κ3) is 3.30. The molecule has 106 valence electrons. The zero-order valence-corrected chi connectivity index (χ0v) is 12.5. The van der Waals surface area contributed by atoms with Gasteiger partial charge in [-0.05, 0) is 36.6 Å². The summed E-state index contributed by atoms with van der Waals surface area (Å²) >= 11 is 11.9. The number of hydrogen-bond acceptors (Lipinski definition) is 2. The summed E-state index contributed by atoms with van der Waals surface area (Å²) in [6, 6.07) is 10.3. The van der Waals surface area contributed by atoms with Gasteiger partial charge in [0.15, 0.2) is 0 Å². The lowest BCUT2D eigenvalue weighted by Crippen LogP contribution is -2.30. The van der Waals surface area contributed by atoms with Crippen molar-refractivity contribution in [3.8, 4) is 0 Å². The number of hydrazine groups is 1. The van der Waals surface area contributed by atoms with E-state index in [1.165, 1.54) is 0 Å². The molecule has 5 heteroatoms. The summed E-state index contributed by atoms with van der Waals surface area (Å²) in [5, 5.41) is 0.971. The van der Waals surface area contributed by atoms with Gasteiger partial charge >= 0.3 is 0 Å². The average Bonchev–Trinajstić information content (AvgIpc) is 2.43. The van der Waals surface area contributed by atoms with Crippen LogP contribution in [0, 0.1) is 12.7 Å². The first kappa shape index (κ1) is 15.3. The molecule has 0 aliphatic carbocycles. The zero-order valence-electron chi connectivity index (χ0n) is 11.0. The number of hydrogen-bond donors (Lipinski definition) is 2. The Morgan fingerprint density at radius 2 is 1.95 bits per heavy atom. The fraction of sp³-hybridized carbons (Fsp3) is 0.200. The molecule has 0 bridgehead atoms. The highest BCUT2D eigenvalue weighted by Crippen LogP contribution is 2.27. The van der Waals surface area contributed by atoms with Crippen molar-refractivity contribution < 1.29 is 4.39 Å². The molecular weight excluding hydrogens is 298 g/mol. The van der Waals surface area contributed by atoms with Crippen LogP contribution >= 0.6 is 23.2 Å². The maximum Gasteiger partial charge on any atom is 0.130 e. The fourth-order valence-electron chi connectivity index (χ4n) is 2.10. The van der Waals surface area contributed by atoms with Crippen LogP contribution in [0.3, 0.4) is 0 Å². The molecule has 0 aliphatic heterocycles. The Bertz CT molecular complexity index is 617. The van der Waals surface area contributed by atoms with Gasteiger partial charge < -0.3 is 0 Å². The monoisotopic (exact) mass is 312 g/mol. The second kappa shape index (κ2) is 6.55. The van der Waals surface area contributed by atoms with Gasteiger partial charge in [-0.15, -0.1) is 0 Å². The number of halogens is 3. The van der Waals surface area contributed by atoms with Gasteiger partial charge in [-0.2, -0.15) is 0 Å². The molecule has 0 saturated carbocycles. The Kier molecular flexibility index (Phi) is 5.00. The van der Waals surface area contributed by atoms with Crippen molar-refractivity contribution in [1.82, 2.24) is 5.43 Å². The van der Waals surface area contributed by atoms with E-state index in [0.717, 1.165) is 5.56 Å². The average molecular weight is 313 g/mol. The predicted octanol–water partition coefficient (Wildman–Crippen LogP) is 4.19. The second-order valence-corrected chi connectivity index (χ2v) is 5.46. The number of aryl methyl sites for hydroxylation is 1. The quantitative estimate of drug-likeness (QED) is 0.656. The Balaban J connectivity index is 2.28. The molecule has 0 heterocycles. The maximum absolute atomic E-state index is 14.1. The minimum Gasteiger partial charge on any atom is -0.271 e. The maximum atomic E-state index is 14.1. The second-order valence-electron chi connectivity index (χ2n) is 4.65. The van der Waals surface area contributed by atoms with E-state index in [9.17, 15) is 4.39 Å². The topological polar surface area (TPSA) is 38.0 Å². The van der Waals surface area contributed by atoms with Gasteiger partial charge in [0, 0.05) is 5.56 Å². The highest BCUT2D eigenvalue weighted by atomic mass is 35.5. The summed E-state index contributed by atoms with van der Waals surface area (Å²) in [5.41, 5.74) is 4.72. The Morgan fingerprint density at radius 3 is 2.60 bits per heavy atom. The van der Waals surface area contributed by atoms with Crippen LogP contribution in [-0.2, 0) is 6.42 Å². The van der Waals surface area contributed by atoms with Gasteiger partial charge in [0.1, 0.15) is 5.82 Å². The molecular formula is C15H15Cl2FN2. The Labute approximate surface area is 127 Å². The summed E-state index contributed by atoms with van der Waals surface area (Å²) in [6.45, 7) is 1.73. The van der Waals surface area contributed by atoms with Crippen LogP contribution in [-0.4, -0.2) is 0 Å². The lowest BCUT2D eigenvalue weighted by atomic mass is 9.97. The number of nitrogens with one attached hydrogen (secondary N) is 1. The summed E-state index contributed by atoms with van der Waals surface area (Å²) in [5.74, 6) is 5.32. The molecule has 2 rings (SSSR count). The molecule has 0 saturated heterocycles. The van der Waals surface area contributed by atoms with Crippen LogP contribution in [0.2, 0.25) is 10.0 Å². The lowest BCUT2D eigenvalue weighted by Gasteiger charge is -2.18. The molecule has 2 aromatic rings. The van der Waals surface area contributed by atoms with E-state index >= 15 is 0 Å². The van der Waals surface area contributed by atoms with Gasteiger partial charge in [0.2, 0.25) is 0 Å². The number of nitrogens with two attached hydrogens (primary N) is 1. The lowest BCUT2D eigenvalue weighted by molar-refractivity contribution is 0.507. The normalized spacial score (nSPS) is 12.4. The van der Waals surface area contributed by atoms with Gasteiger partial charge in [0.05, 0.1) is 16.1 Å². The van der Waals surface area contributed by atoms with E-state index in [1.54, 1.807) is 31.2 Å². The Hall–Kier alpha value is -1.13. The van der Waals surface area contributed by atoms with Crippen LogP contribution in [0.5, 0.6) is 0 Å². The summed E-state index contributed by atoms with van der Waals surface area (Å²) in [7, 11) is 0. The highest BCUT2D eigenvalue weighted by Gasteiger charge is 2.16. The standard InChI is InChI=1S/C15H15Cl2FN2/c1-9-3-2-4-11(15(9)18)14(20-19)8-10-5-6-12(16)13(17)7-10/h2-7,14,20H,8,19H2,1H3. The molecule has 3 N–H and O–H groups in total. The summed E-state index contributed by atoms with van der Waals surface area (Å²) < 4.78 is 14.1. The summed E-state index contributed by atoms with van der Waals surface area (Å²) in [4.78, 5) is 0. The molecule has 0 spiro atoms. The summed E-state index contributed by atoms with van der Waals surface area (Å²) in [6.07, 6.45) is 0.522. The highest BCUT2D eigenvalue weighted by molar-refractivity contribution is 6.42. The van der Waals surface area contributed by atoms with E-state index in [1.807, 2.05) is 12.1 Å². The molecule has 0 fully saturated rings. The van der Waals surface area contributed by atoms with Gasteiger partial charge in [0.25, 0.3) is 0 Å². The van der Waals surface area contributed by atoms with Gasteiger partial charge in [-0.3, -0.25) is 11.3 Å². The number of benzene rings is 2. The minimum atomic E-state index is -0.327. The minimum absolute atomic E-state index is 0.240. The first-order chi connectivity index (χ1) is 9.52.